The van der Waals surface area contributed by atoms with Crippen LogP contribution in [-0.2, 0) is 11.2 Å². The van der Waals surface area contributed by atoms with Gasteiger partial charge in [0.25, 0.3) is 5.69 Å². The number of aryl methyl sites for hydroxylation is 1. The van der Waals surface area contributed by atoms with Gasteiger partial charge in [-0.2, -0.15) is 0 Å². The maximum atomic E-state index is 12.0. The number of non-ortho nitro benzene ring substituents is 1. The van der Waals surface area contributed by atoms with Crippen molar-refractivity contribution in [3.8, 4) is 5.75 Å². The summed E-state index contributed by atoms with van der Waals surface area (Å²) in [5, 5.41) is 14.1. The Hall–Kier alpha value is -2.60. The van der Waals surface area contributed by atoms with Crippen LogP contribution in [0.3, 0.4) is 0 Å². The third-order valence-electron chi connectivity index (χ3n) is 3.25. The molecule has 0 aromatic heterocycles. The molecule has 23 heavy (non-hydrogen) atoms. The fourth-order valence-electron chi connectivity index (χ4n) is 2.06. The highest BCUT2D eigenvalue weighted by molar-refractivity contribution is 6.31. The van der Waals surface area contributed by atoms with Crippen LogP contribution in [0, 0.1) is 10.1 Å². The zero-order valence-electron chi connectivity index (χ0n) is 12.4. The van der Waals surface area contributed by atoms with Gasteiger partial charge in [-0.1, -0.05) is 29.8 Å². The minimum Gasteiger partial charge on any atom is -0.494 e. The lowest BCUT2D eigenvalue weighted by atomic mass is 10.1. The minimum absolute atomic E-state index is 0.101. The van der Waals surface area contributed by atoms with Gasteiger partial charge in [0, 0.05) is 17.5 Å². The fraction of sp³-hybridized carbons (Fsp3) is 0.188. The maximum absolute atomic E-state index is 12.0. The molecule has 2 aromatic carbocycles. The Morgan fingerprint density at radius 1 is 1.30 bits per heavy atom. The van der Waals surface area contributed by atoms with Crippen LogP contribution in [0.25, 0.3) is 0 Å². The number of nitrogens with zero attached hydrogens (tertiary/aromatic N) is 1. The molecule has 0 radical (unpaired) electrons. The van der Waals surface area contributed by atoms with Gasteiger partial charge in [-0.05, 0) is 24.1 Å². The zero-order valence-corrected chi connectivity index (χ0v) is 13.2. The summed E-state index contributed by atoms with van der Waals surface area (Å²) in [5.74, 6) is 0.0161. The Kier molecular flexibility index (Phi) is 5.54. The Morgan fingerprint density at radius 3 is 2.70 bits per heavy atom. The predicted octanol–water partition coefficient (Wildman–Crippen LogP) is 3.83. The van der Waals surface area contributed by atoms with Crippen LogP contribution in [0.15, 0.2) is 42.5 Å². The summed E-state index contributed by atoms with van der Waals surface area (Å²) in [6.07, 6.45) is 0.741. The first kappa shape index (κ1) is 16.8. The number of carbonyl (C=O) groups excluding carboxylic acids is 1. The molecule has 0 aliphatic heterocycles. The number of methoxy groups -OCH3 is 1. The summed E-state index contributed by atoms with van der Waals surface area (Å²) in [7, 11) is 1.39. The van der Waals surface area contributed by atoms with Gasteiger partial charge in [-0.25, -0.2) is 0 Å². The molecule has 120 valence electrons. The average molecular weight is 335 g/mol. The lowest BCUT2D eigenvalue weighted by molar-refractivity contribution is -0.384. The van der Waals surface area contributed by atoms with Gasteiger partial charge in [-0.3, -0.25) is 14.9 Å². The van der Waals surface area contributed by atoms with Crippen molar-refractivity contribution in [3.63, 3.8) is 0 Å². The lowest BCUT2D eigenvalue weighted by Gasteiger charge is -2.10. The van der Waals surface area contributed by atoms with E-state index in [1.165, 1.54) is 25.3 Å². The van der Waals surface area contributed by atoms with E-state index in [-0.39, 0.29) is 23.8 Å². The molecule has 1 N–H and O–H groups in total. The molecular formula is C16H15ClN2O4. The number of amides is 1. The molecule has 0 atom stereocenters. The molecule has 0 unspecified atom stereocenters. The van der Waals surface area contributed by atoms with Gasteiger partial charge < -0.3 is 10.1 Å². The van der Waals surface area contributed by atoms with Crippen molar-refractivity contribution in [3.05, 3.63) is 63.2 Å². The van der Waals surface area contributed by atoms with E-state index >= 15 is 0 Å². The third kappa shape index (κ3) is 4.43. The van der Waals surface area contributed by atoms with E-state index in [1.54, 1.807) is 6.07 Å². The van der Waals surface area contributed by atoms with Crippen molar-refractivity contribution in [1.82, 2.24) is 0 Å². The molecule has 0 fully saturated rings. The summed E-state index contributed by atoms with van der Waals surface area (Å²) >= 11 is 6.05. The van der Waals surface area contributed by atoms with Crippen molar-refractivity contribution in [2.75, 3.05) is 12.4 Å². The smallest absolute Gasteiger partial charge is 0.273 e. The second-order valence-electron chi connectivity index (χ2n) is 4.78. The van der Waals surface area contributed by atoms with Gasteiger partial charge in [0.2, 0.25) is 5.91 Å². The SMILES string of the molecule is COc1cc([N+](=O)[O-])ccc1NC(=O)CCc1ccccc1Cl. The molecular weight excluding hydrogens is 320 g/mol. The monoisotopic (exact) mass is 334 g/mol. The second-order valence-corrected chi connectivity index (χ2v) is 5.19. The van der Waals surface area contributed by atoms with E-state index in [9.17, 15) is 14.9 Å². The largest absolute Gasteiger partial charge is 0.494 e. The van der Waals surface area contributed by atoms with Crippen molar-refractivity contribution < 1.29 is 14.5 Å². The molecule has 1 amide bonds. The molecule has 6 nitrogen and oxygen atoms in total. The molecule has 2 aromatic rings. The topological polar surface area (TPSA) is 81.5 Å². The van der Waals surface area contributed by atoms with Crippen LogP contribution in [0.1, 0.15) is 12.0 Å². The molecule has 2 rings (SSSR count). The Morgan fingerprint density at radius 2 is 2.04 bits per heavy atom. The van der Waals surface area contributed by atoms with E-state index in [0.29, 0.717) is 17.1 Å². The number of halogens is 1. The quantitative estimate of drug-likeness (QED) is 0.643. The van der Waals surface area contributed by atoms with E-state index < -0.39 is 4.92 Å². The molecule has 7 heteroatoms. The number of ether oxygens (including phenoxy) is 1. The van der Waals surface area contributed by atoms with Gasteiger partial charge in [0.15, 0.2) is 0 Å². The van der Waals surface area contributed by atoms with Crippen molar-refractivity contribution in [1.29, 1.82) is 0 Å². The van der Waals surface area contributed by atoms with Crippen LogP contribution >= 0.6 is 11.6 Å². The number of benzene rings is 2. The molecule has 0 spiro atoms. The van der Waals surface area contributed by atoms with Gasteiger partial charge in [0.05, 0.1) is 23.8 Å². The van der Waals surface area contributed by atoms with E-state index in [0.717, 1.165) is 5.56 Å². The number of nitro groups is 1. The van der Waals surface area contributed by atoms with E-state index in [1.807, 2.05) is 18.2 Å². The normalized spacial score (nSPS) is 10.2. The minimum atomic E-state index is -0.522. The van der Waals surface area contributed by atoms with E-state index in [4.69, 9.17) is 16.3 Å². The number of hydrogen-bond donors (Lipinski definition) is 1. The summed E-state index contributed by atoms with van der Waals surface area (Å²) < 4.78 is 5.08. The lowest BCUT2D eigenvalue weighted by Crippen LogP contribution is -2.13. The summed E-state index contributed by atoms with van der Waals surface area (Å²) in [6.45, 7) is 0. The van der Waals surface area contributed by atoms with Gasteiger partial charge in [-0.15, -0.1) is 0 Å². The second kappa shape index (κ2) is 7.60. The summed E-state index contributed by atoms with van der Waals surface area (Å²) in [6, 6.07) is 11.3. The highest BCUT2D eigenvalue weighted by atomic mass is 35.5. The third-order valence-corrected chi connectivity index (χ3v) is 3.62. The standard InChI is InChI=1S/C16H15ClN2O4/c1-23-15-10-12(19(21)22)7-8-14(15)18-16(20)9-6-11-4-2-3-5-13(11)17/h2-5,7-8,10H,6,9H2,1H3,(H,18,20). The van der Waals surface area contributed by atoms with Crippen LogP contribution in [0.4, 0.5) is 11.4 Å². The summed E-state index contributed by atoms with van der Waals surface area (Å²) in [4.78, 5) is 22.3. The van der Waals surface area contributed by atoms with Crippen molar-refractivity contribution in [2.24, 2.45) is 0 Å². The number of rotatable bonds is 6. The Balaban J connectivity index is 2.03. The number of nitro benzene ring substituents is 1. The number of hydrogen-bond acceptors (Lipinski definition) is 4. The Bertz CT molecular complexity index is 734. The first-order chi connectivity index (χ1) is 11.0. The fourth-order valence-corrected chi connectivity index (χ4v) is 2.29. The van der Waals surface area contributed by atoms with Crippen LogP contribution in [-0.4, -0.2) is 17.9 Å². The van der Waals surface area contributed by atoms with E-state index in [2.05, 4.69) is 5.32 Å². The first-order valence-electron chi connectivity index (χ1n) is 6.87. The van der Waals surface area contributed by atoms with Crippen LogP contribution in [0.2, 0.25) is 5.02 Å². The van der Waals surface area contributed by atoms with Gasteiger partial charge >= 0.3 is 0 Å². The van der Waals surface area contributed by atoms with Crippen molar-refractivity contribution in [2.45, 2.75) is 12.8 Å². The maximum Gasteiger partial charge on any atom is 0.273 e. The Labute approximate surface area is 138 Å². The van der Waals surface area contributed by atoms with Crippen molar-refractivity contribution >= 4 is 28.9 Å². The predicted molar refractivity (Wildman–Crippen MR) is 88.1 cm³/mol. The number of nitrogens with one attached hydrogen (secondary N) is 1. The summed E-state index contributed by atoms with van der Waals surface area (Å²) in [5.41, 5.74) is 1.18. The highest BCUT2D eigenvalue weighted by Crippen LogP contribution is 2.29. The number of carbonyl (C=O) groups is 1. The number of anilines is 1. The molecule has 0 saturated heterocycles. The molecule has 0 aliphatic carbocycles. The molecule has 0 heterocycles. The van der Waals surface area contributed by atoms with Crippen LogP contribution < -0.4 is 10.1 Å². The highest BCUT2D eigenvalue weighted by Gasteiger charge is 2.13. The first-order valence-corrected chi connectivity index (χ1v) is 7.24. The van der Waals surface area contributed by atoms with Crippen LogP contribution in [0.5, 0.6) is 5.75 Å². The molecule has 0 aliphatic rings. The van der Waals surface area contributed by atoms with Gasteiger partial charge in [0.1, 0.15) is 5.75 Å². The zero-order chi connectivity index (χ0) is 16.8. The average Bonchev–Trinajstić information content (AvgIpc) is 2.54. The molecule has 0 saturated carbocycles. The molecule has 0 bridgehead atoms.